The highest BCUT2D eigenvalue weighted by molar-refractivity contribution is 5.84. The normalized spacial score (nSPS) is 13.5. The van der Waals surface area contributed by atoms with Crippen LogP contribution in [0.2, 0.25) is 0 Å². The first-order valence-corrected chi connectivity index (χ1v) is 10.3. The molecule has 0 saturated carbocycles. The molecule has 0 spiro atoms. The molecule has 0 fully saturated rings. The fourth-order valence-electron chi connectivity index (χ4n) is 4.68. The molecule has 1 aliphatic rings. The van der Waals surface area contributed by atoms with Crippen molar-refractivity contribution in [2.75, 3.05) is 22.9 Å². The number of rotatable bonds is 2. The number of benzene rings is 4. The van der Waals surface area contributed by atoms with Crippen molar-refractivity contribution in [1.29, 1.82) is 0 Å². The van der Waals surface area contributed by atoms with Gasteiger partial charge < -0.3 is 48.1 Å². The van der Waals surface area contributed by atoms with E-state index in [4.69, 9.17) is 27.7 Å². The summed E-state index contributed by atoms with van der Waals surface area (Å²) in [6.45, 7) is 0. The van der Waals surface area contributed by atoms with Gasteiger partial charge >= 0.3 is 0 Å². The second-order valence-electron chi connectivity index (χ2n) is 8.14. The van der Waals surface area contributed by atoms with E-state index < -0.39 is 5.41 Å². The second-order valence-corrected chi connectivity index (χ2v) is 8.14. The van der Waals surface area contributed by atoms with E-state index in [9.17, 15) is 20.4 Å². The van der Waals surface area contributed by atoms with Crippen molar-refractivity contribution in [3.63, 3.8) is 0 Å². The van der Waals surface area contributed by atoms with E-state index in [1.807, 2.05) is 0 Å². The number of nitrogens with two attached hydrogens (primary N) is 4. The molecule has 0 saturated heterocycles. The quantitative estimate of drug-likeness (QED) is 0.145. The Labute approximate surface area is 194 Å². The number of ether oxygens (including phenoxy) is 1. The molecule has 1 aliphatic heterocycles. The zero-order valence-corrected chi connectivity index (χ0v) is 17.8. The summed E-state index contributed by atoms with van der Waals surface area (Å²) in [5.41, 5.74) is 25.4. The van der Waals surface area contributed by atoms with Gasteiger partial charge in [0.1, 0.15) is 34.5 Å². The van der Waals surface area contributed by atoms with Crippen molar-refractivity contribution >= 4 is 22.7 Å². The lowest BCUT2D eigenvalue weighted by molar-refractivity contribution is 0.424. The van der Waals surface area contributed by atoms with Gasteiger partial charge in [0.05, 0.1) is 28.2 Å². The molecular formula is C25H22N4O5. The molecule has 0 amide bonds. The minimum Gasteiger partial charge on any atom is -0.506 e. The lowest BCUT2D eigenvalue weighted by Gasteiger charge is -2.43. The fraction of sp³-hybridized carbons (Fsp3) is 0.0400. The lowest BCUT2D eigenvalue weighted by Crippen LogP contribution is -2.36. The molecule has 34 heavy (non-hydrogen) atoms. The minimum atomic E-state index is -1.42. The van der Waals surface area contributed by atoms with Crippen LogP contribution in [0.25, 0.3) is 0 Å². The largest absolute Gasteiger partial charge is 0.506 e. The van der Waals surface area contributed by atoms with E-state index in [2.05, 4.69) is 0 Å². The standard InChI is InChI=1S/C25H22N4O5/c26-13-9-11(1-3-15(13)30)25(12-2-4-16(31)14(27)10-12)21-19(7-5-17(32)23(21)28)34-20-8-6-18(33)24(29)22(20)25/h1-10,30-33H,26-29H2. The Balaban J connectivity index is 2.07. The third-order valence-electron chi connectivity index (χ3n) is 6.26. The zero-order valence-electron chi connectivity index (χ0n) is 17.8. The number of fused-ring (bicyclic) bond motifs is 2. The topological polar surface area (TPSA) is 194 Å². The van der Waals surface area contributed by atoms with Crippen molar-refractivity contribution < 1.29 is 25.2 Å². The van der Waals surface area contributed by atoms with Crippen LogP contribution in [0.5, 0.6) is 34.5 Å². The van der Waals surface area contributed by atoms with Crippen LogP contribution in [0.4, 0.5) is 22.7 Å². The molecule has 4 aromatic carbocycles. The van der Waals surface area contributed by atoms with Crippen LogP contribution in [0, 0.1) is 0 Å². The molecule has 172 valence electrons. The van der Waals surface area contributed by atoms with E-state index >= 15 is 0 Å². The monoisotopic (exact) mass is 458 g/mol. The summed E-state index contributed by atoms with van der Waals surface area (Å²) >= 11 is 0. The van der Waals surface area contributed by atoms with Crippen molar-refractivity contribution in [1.82, 2.24) is 0 Å². The van der Waals surface area contributed by atoms with Crippen molar-refractivity contribution in [2.24, 2.45) is 0 Å². The first-order valence-electron chi connectivity index (χ1n) is 10.3. The average molecular weight is 458 g/mol. The predicted molar refractivity (Wildman–Crippen MR) is 129 cm³/mol. The number of phenolic OH excluding ortho intramolecular Hbond substituents is 4. The van der Waals surface area contributed by atoms with Crippen molar-refractivity contribution in [3.8, 4) is 34.5 Å². The second kappa shape index (κ2) is 7.04. The van der Waals surface area contributed by atoms with Gasteiger partial charge in [-0.2, -0.15) is 0 Å². The van der Waals surface area contributed by atoms with E-state index in [1.54, 1.807) is 36.4 Å². The molecule has 0 unspecified atom stereocenters. The average Bonchev–Trinajstić information content (AvgIpc) is 2.81. The maximum atomic E-state index is 10.6. The SMILES string of the molecule is Nc1cc(C2(c3ccc(O)c(N)c3)c3c(ccc(O)c3N)Oc3ccc(O)c(N)c32)ccc1O. The van der Waals surface area contributed by atoms with Gasteiger partial charge in [-0.05, 0) is 59.7 Å². The first kappa shape index (κ1) is 21.0. The molecule has 0 radical (unpaired) electrons. The van der Waals surface area contributed by atoms with Gasteiger partial charge in [0.2, 0.25) is 0 Å². The van der Waals surface area contributed by atoms with Gasteiger partial charge in [-0.15, -0.1) is 0 Å². The summed E-state index contributed by atoms with van der Waals surface area (Å²) in [7, 11) is 0. The Hall–Kier alpha value is -4.92. The number of hydrogen-bond acceptors (Lipinski definition) is 9. The van der Waals surface area contributed by atoms with E-state index in [1.165, 1.54) is 24.3 Å². The molecule has 9 heteroatoms. The van der Waals surface area contributed by atoms with Crippen LogP contribution >= 0.6 is 0 Å². The summed E-state index contributed by atoms with van der Waals surface area (Å²) in [4.78, 5) is 0. The molecule has 0 atom stereocenters. The Morgan fingerprint density at radius 2 is 0.912 bits per heavy atom. The molecule has 0 aliphatic carbocycles. The van der Waals surface area contributed by atoms with Crippen LogP contribution < -0.4 is 27.7 Å². The van der Waals surface area contributed by atoms with Gasteiger partial charge in [0, 0.05) is 11.1 Å². The number of nitrogen functional groups attached to an aromatic ring is 4. The lowest BCUT2D eigenvalue weighted by atomic mass is 9.62. The number of aromatic hydroxyl groups is 4. The third-order valence-corrected chi connectivity index (χ3v) is 6.26. The maximum absolute atomic E-state index is 10.6. The predicted octanol–water partition coefficient (Wildman–Crippen LogP) is 3.33. The fourth-order valence-corrected chi connectivity index (χ4v) is 4.68. The van der Waals surface area contributed by atoms with Gasteiger partial charge in [-0.1, -0.05) is 12.1 Å². The van der Waals surface area contributed by atoms with Crippen molar-refractivity contribution in [2.45, 2.75) is 5.41 Å². The minimum absolute atomic E-state index is 0.00388. The van der Waals surface area contributed by atoms with Crippen LogP contribution in [0.1, 0.15) is 22.3 Å². The van der Waals surface area contributed by atoms with Crippen LogP contribution in [0.3, 0.4) is 0 Å². The molecule has 1 heterocycles. The number of hydrogen-bond donors (Lipinski definition) is 8. The Kier molecular flexibility index (Phi) is 4.34. The Bertz CT molecular complexity index is 1370. The van der Waals surface area contributed by atoms with Crippen LogP contribution in [-0.2, 0) is 5.41 Å². The summed E-state index contributed by atoms with van der Waals surface area (Å²) in [6.07, 6.45) is 0. The molecule has 5 rings (SSSR count). The summed E-state index contributed by atoms with van der Waals surface area (Å²) in [5.74, 6) is -0.0223. The number of phenols is 4. The highest BCUT2D eigenvalue weighted by Gasteiger charge is 2.49. The summed E-state index contributed by atoms with van der Waals surface area (Å²) < 4.78 is 6.11. The highest BCUT2D eigenvalue weighted by atomic mass is 16.5. The zero-order chi connectivity index (χ0) is 24.4. The molecule has 12 N–H and O–H groups in total. The van der Waals surface area contributed by atoms with Gasteiger partial charge in [0.25, 0.3) is 0 Å². The summed E-state index contributed by atoms with van der Waals surface area (Å²) in [5, 5.41) is 41.4. The molecule has 0 aromatic heterocycles. The van der Waals surface area contributed by atoms with Gasteiger partial charge in [0.15, 0.2) is 0 Å². The van der Waals surface area contributed by atoms with Gasteiger partial charge in [-0.3, -0.25) is 0 Å². The Morgan fingerprint density at radius 1 is 0.529 bits per heavy atom. The third kappa shape index (κ3) is 2.67. The molecule has 9 nitrogen and oxygen atoms in total. The highest BCUT2D eigenvalue weighted by Crippen LogP contribution is 2.61. The first-order chi connectivity index (χ1) is 16.2. The van der Waals surface area contributed by atoms with Crippen LogP contribution in [-0.4, -0.2) is 20.4 Å². The van der Waals surface area contributed by atoms with Crippen molar-refractivity contribution in [3.05, 3.63) is 82.9 Å². The summed E-state index contributed by atoms with van der Waals surface area (Å²) in [6, 6.07) is 15.1. The molecular weight excluding hydrogens is 436 g/mol. The van der Waals surface area contributed by atoms with E-state index in [-0.39, 0.29) is 45.7 Å². The number of anilines is 4. The molecule has 0 bridgehead atoms. The van der Waals surface area contributed by atoms with Crippen LogP contribution in [0.15, 0.2) is 60.7 Å². The smallest absolute Gasteiger partial charge is 0.139 e. The molecule has 4 aromatic rings. The van der Waals surface area contributed by atoms with Gasteiger partial charge in [-0.25, -0.2) is 0 Å². The maximum Gasteiger partial charge on any atom is 0.139 e. The van der Waals surface area contributed by atoms with E-state index in [0.29, 0.717) is 33.8 Å². The van der Waals surface area contributed by atoms with E-state index in [0.717, 1.165) is 0 Å². The Morgan fingerprint density at radius 3 is 1.29 bits per heavy atom.